The first-order valence-electron chi connectivity index (χ1n) is 6.95. The zero-order valence-electron chi connectivity index (χ0n) is 12.8. The largest absolute Gasteiger partial charge is 0.479 e. The summed E-state index contributed by atoms with van der Waals surface area (Å²) in [7, 11) is 1.34. The maximum Gasteiger partial charge on any atom is 0.331 e. The molecule has 0 radical (unpaired) electrons. The Balaban J connectivity index is 2.03. The van der Waals surface area contributed by atoms with Crippen molar-refractivity contribution in [2.75, 3.05) is 19.0 Å². The minimum atomic E-state index is -1.57. The SMILES string of the molecule is COCC(C)(NC(=O)CC1Oc2ccccc2NC1=O)C(=O)O. The Kier molecular flexibility index (Phi) is 4.85. The van der Waals surface area contributed by atoms with E-state index in [9.17, 15) is 19.5 Å². The molecule has 1 aromatic rings. The van der Waals surface area contributed by atoms with Crippen LogP contribution < -0.4 is 15.4 Å². The lowest BCUT2D eigenvalue weighted by atomic mass is 10.0. The summed E-state index contributed by atoms with van der Waals surface area (Å²) in [4.78, 5) is 35.3. The van der Waals surface area contributed by atoms with Crippen molar-refractivity contribution in [1.82, 2.24) is 5.32 Å². The molecule has 2 rings (SSSR count). The summed E-state index contributed by atoms with van der Waals surface area (Å²) in [6.07, 6.45) is -1.32. The van der Waals surface area contributed by atoms with Crippen LogP contribution in [0.1, 0.15) is 13.3 Å². The molecular formula is C15H18N2O6. The third-order valence-electron chi connectivity index (χ3n) is 3.40. The first-order chi connectivity index (χ1) is 10.9. The molecule has 1 aliphatic heterocycles. The Morgan fingerprint density at radius 2 is 2.13 bits per heavy atom. The van der Waals surface area contributed by atoms with Gasteiger partial charge < -0.3 is 25.2 Å². The summed E-state index contributed by atoms with van der Waals surface area (Å²) in [6, 6.07) is 6.85. The number of aliphatic carboxylic acids is 1. The van der Waals surface area contributed by atoms with E-state index in [1.165, 1.54) is 14.0 Å². The van der Waals surface area contributed by atoms with Gasteiger partial charge in [0.1, 0.15) is 5.75 Å². The van der Waals surface area contributed by atoms with Crippen LogP contribution in [-0.2, 0) is 19.1 Å². The van der Waals surface area contributed by atoms with Gasteiger partial charge in [0.05, 0.1) is 18.7 Å². The molecule has 1 aromatic carbocycles. The molecular weight excluding hydrogens is 304 g/mol. The standard InChI is InChI=1S/C15H18N2O6/c1-15(8-22-2,14(20)21)17-12(18)7-11-13(19)16-9-5-3-4-6-10(9)23-11/h3-6,11H,7-8H2,1-2H3,(H,16,19)(H,17,18)(H,20,21). The number of hydrogen-bond acceptors (Lipinski definition) is 5. The Hall–Kier alpha value is -2.61. The summed E-state index contributed by atoms with van der Waals surface area (Å²) < 4.78 is 10.3. The predicted molar refractivity (Wildman–Crippen MR) is 80.2 cm³/mol. The molecule has 2 amide bonds. The van der Waals surface area contributed by atoms with E-state index in [2.05, 4.69) is 10.6 Å². The van der Waals surface area contributed by atoms with E-state index in [0.29, 0.717) is 11.4 Å². The number of amides is 2. The number of carboxylic acid groups (broad SMARTS) is 1. The molecule has 8 nitrogen and oxygen atoms in total. The highest BCUT2D eigenvalue weighted by Crippen LogP contribution is 2.29. The zero-order valence-corrected chi connectivity index (χ0v) is 12.8. The van der Waals surface area contributed by atoms with Crippen LogP contribution in [0.3, 0.4) is 0 Å². The van der Waals surface area contributed by atoms with Crippen LogP contribution in [0.4, 0.5) is 5.69 Å². The fourth-order valence-corrected chi connectivity index (χ4v) is 2.19. The van der Waals surface area contributed by atoms with Crippen LogP contribution in [0, 0.1) is 0 Å². The highest BCUT2D eigenvalue weighted by atomic mass is 16.5. The van der Waals surface area contributed by atoms with Gasteiger partial charge in [0, 0.05) is 7.11 Å². The van der Waals surface area contributed by atoms with Gasteiger partial charge in [-0.1, -0.05) is 12.1 Å². The zero-order chi connectivity index (χ0) is 17.0. The van der Waals surface area contributed by atoms with Gasteiger partial charge in [-0.05, 0) is 19.1 Å². The fraction of sp³-hybridized carbons (Fsp3) is 0.400. The average Bonchev–Trinajstić information content (AvgIpc) is 2.48. The number of methoxy groups -OCH3 is 1. The second kappa shape index (κ2) is 6.66. The van der Waals surface area contributed by atoms with Gasteiger partial charge in [0.25, 0.3) is 5.91 Å². The summed E-state index contributed by atoms with van der Waals surface area (Å²) >= 11 is 0. The van der Waals surface area contributed by atoms with Crippen LogP contribution in [-0.4, -0.2) is 48.2 Å². The van der Waals surface area contributed by atoms with Crippen LogP contribution >= 0.6 is 0 Å². The van der Waals surface area contributed by atoms with Gasteiger partial charge in [-0.3, -0.25) is 9.59 Å². The minimum Gasteiger partial charge on any atom is -0.479 e. The maximum atomic E-state index is 12.1. The Morgan fingerprint density at radius 1 is 1.43 bits per heavy atom. The number of fused-ring (bicyclic) bond motifs is 1. The summed E-state index contributed by atoms with van der Waals surface area (Å²) in [5.41, 5.74) is -1.04. The van der Waals surface area contributed by atoms with Gasteiger partial charge in [0.2, 0.25) is 5.91 Å². The number of carbonyl (C=O) groups excluding carboxylic acids is 2. The summed E-state index contributed by atoms with van der Waals surface area (Å²) in [5.74, 6) is -1.84. The third kappa shape index (κ3) is 3.78. The number of hydrogen-bond donors (Lipinski definition) is 3. The summed E-state index contributed by atoms with van der Waals surface area (Å²) in [5, 5.41) is 14.2. The van der Waals surface area contributed by atoms with Crippen LogP contribution in [0.15, 0.2) is 24.3 Å². The average molecular weight is 322 g/mol. The number of para-hydroxylation sites is 2. The second-order valence-corrected chi connectivity index (χ2v) is 5.41. The molecule has 23 heavy (non-hydrogen) atoms. The van der Waals surface area contributed by atoms with Crippen LogP contribution in [0.25, 0.3) is 0 Å². The van der Waals surface area contributed by atoms with Crippen molar-refractivity contribution in [3.63, 3.8) is 0 Å². The predicted octanol–water partition coefficient (Wildman–Crippen LogP) is 0.382. The highest BCUT2D eigenvalue weighted by molar-refractivity contribution is 6.00. The molecule has 0 bridgehead atoms. The molecule has 8 heteroatoms. The van der Waals surface area contributed by atoms with E-state index in [1.807, 2.05) is 0 Å². The number of anilines is 1. The third-order valence-corrected chi connectivity index (χ3v) is 3.40. The van der Waals surface area contributed by atoms with Gasteiger partial charge in [-0.2, -0.15) is 0 Å². The van der Waals surface area contributed by atoms with Gasteiger partial charge in [0.15, 0.2) is 11.6 Å². The maximum absolute atomic E-state index is 12.1. The molecule has 0 spiro atoms. The topological polar surface area (TPSA) is 114 Å². The normalized spacial score (nSPS) is 18.9. The molecule has 2 atom stereocenters. The van der Waals surface area contributed by atoms with Crippen molar-refractivity contribution >= 4 is 23.5 Å². The number of carboxylic acids is 1. The van der Waals surface area contributed by atoms with E-state index >= 15 is 0 Å². The second-order valence-electron chi connectivity index (χ2n) is 5.41. The molecule has 0 fully saturated rings. The van der Waals surface area contributed by atoms with Gasteiger partial charge in [-0.15, -0.1) is 0 Å². The van der Waals surface area contributed by atoms with Gasteiger partial charge in [-0.25, -0.2) is 4.79 Å². The van der Waals surface area contributed by atoms with Crippen LogP contribution in [0.2, 0.25) is 0 Å². The quantitative estimate of drug-likeness (QED) is 0.698. The van der Waals surface area contributed by atoms with Crippen molar-refractivity contribution in [2.24, 2.45) is 0 Å². The van der Waals surface area contributed by atoms with Crippen molar-refractivity contribution in [3.05, 3.63) is 24.3 Å². The van der Waals surface area contributed by atoms with Crippen molar-refractivity contribution < 1.29 is 29.0 Å². The molecule has 1 aliphatic rings. The van der Waals surface area contributed by atoms with E-state index < -0.39 is 29.4 Å². The molecule has 0 aromatic heterocycles. The van der Waals surface area contributed by atoms with Gasteiger partial charge >= 0.3 is 5.97 Å². The first kappa shape index (κ1) is 16.8. The van der Waals surface area contributed by atoms with E-state index in [4.69, 9.17) is 9.47 Å². The number of rotatable bonds is 6. The fourth-order valence-electron chi connectivity index (χ4n) is 2.19. The highest BCUT2D eigenvalue weighted by Gasteiger charge is 2.37. The molecule has 3 N–H and O–H groups in total. The number of ether oxygens (including phenoxy) is 2. The van der Waals surface area contributed by atoms with E-state index in [-0.39, 0.29) is 13.0 Å². The molecule has 0 saturated carbocycles. The number of nitrogens with one attached hydrogen (secondary N) is 2. The molecule has 1 heterocycles. The van der Waals surface area contributed by atoms with E-state index in [0.717, 1.165) is 0 Å². The Morgan fingerprint density at radius 3 is 2.78 bits per heavy atom. The number of carbonyl (C=O) groups is 3. The molecule has 2 unspecified atom stereocenters. The number of benzene rings is 1. The summed E-state index contributed by atoms with van der Waals surface area (Å²) in [6.45, 7) is 1.13. The molecule has 124 valence electrons. The molecule has 0 aliphatic carbocycles. The van der Waals surface area contributed by atoms with Crippen molar-refractivity contribution in [2.45, 2.75) is 25.0 Å². The monoisotopic (exact) mass is 322 g/mol. The Labute approximate surface area is 132 Å². The lowest BCUT2D eigenvalue weighted by Crippen LogP contribution is -2.56. The lowest BCUT2D eigenvalue weighted by molar-refractivity contribution is -0.149. The van der Waals surface area contributed by atoms with Crippen molar-refractivity contribution in [3.8, 4) is 5.75 Å². The minimum absolute atomic E-state index is 0.200. The Bertz CT molecular complexity index is 632. The first-order valence-corrected chi connectivity index (χ1v) is 6.95. The molecule has 0 saturated heterocycles. The van der Waals surface area contributed by atoms with Crippen LogP contribution in [0.5, 0.6) is 5.75 Å². The smallest absolute Gasteiger partial charge is 0.331 e. The lowest BCUT2D eigenvalue weighted by Gasteiger charge is -2.28. The van der Waals surface area contributed by atoms with E-state index in [1.54, 1.807) is 24.3 Å². The van der Waals surface area contributed by atoms with Crippen molar-refractivity contribution in [1.29, 1.82) is 0 Å².